The zero-order valence-electron chi connectivity index (χ0n) is 24.9. The lowest BCUT2D eigenvalue weighted by atomic mass is 9.76. The van der Waals surface area contributed by atoms with Gasteiger partial charge in [0.15, 0.2) is 0 Å². The average molecular weight is 593 g/mol. The summed E-state index contributed by atoms with van der Waals surface area (Å²) in [5.74, 6) is -1.41. The van der Waals surface area contributed by atoms with E-state index in [4.69, 9.17) is 10.5 Å². The lowest BCUT2D eigenvalue weighted by Crippen LogP contribution is -2.54. The van der Waals surface area contributed by atoms with E-state index in [-0.39, 0.29) is 13.0 Å². The molecular formula is C32H45BN4O6. The predicted octanol–water partition coefficient (Wildman–Crippen LogP) is 3.91. The number of benzene rings is 2. The van der Waals surface area contributed by atoms with Crippen molar-refractivity contribution in [2.24, 2.45) is 5.73 Å². The Kier molecular flexibility index (Phi) is 12.3. The van der Waals surface area contributed by atoms with Crippen LogP contribution in [0.4, 0.5) is 9.59 Å². The van der Waals surface area contributed by atoms with Crippen molar-refractivity contribution in [3.8, 4) is 0 Å². The first-order valence-electron chi connectivity index (χ1n) is 15.6. The van der Waals surface area contributed by atoms with Gasteiger partial charge in [-0.15, -0.1) is 0 Å². The second kappa shape index (κ2) is 16.3. The summed E-state index contributed by atoms with van der Waals surface area (Å²) in [7, 11) is -1.73. The molecule has 0 radical (unpaired) electrons. The fourth-order valence-corrected chi connectivity index (χ4v) is 6.03. The number of ether oxygens (including phenoxy) is 1. The van der Waals surface area contributed by atoms with Crippen LogP contribution in [-0.4, -0.2) is 69.6 Å². The van der Waals surface area contributed by atoms with Crippen molar-refractivity contribution in [2.45, 2.75) is 102 Å². The molecule has 0 unspecified atom stereocenters. The molecule has 2 aliphatic heterocycles. The van der Waals surface area contributed by atoms with Crippen LogP contribution in [0.5, 0.6) is 0 Å². The second-order valence-corrected chi connectivity index (χ2v) is 11.8. The maximum Gasteiger partial charge on any atom is 0.475 e. The number of rotatable bonds is 15. The summed E-state index contributed by atoms with van der Waals surface area (Å²) in [5.41, 5.74) is 9.05. The van der Waals surface area contributed by atoms with Crippen molar-refractivity contribution in [3.63, 3.8) is 0 Å². The Morgan fingerprint density at radius 1 is 0.884 bits per heavy atom. The number of hydrogen-bond acceptors (Lipinski definition) is 6. The smallest absolute Gasteiger partial charge is 0.444 e. The number of aryl methyl sites for hydroxylation is 1. The summed E-state index contributed by atoms with van der Waals surface area (Å²) in [5, 5.41) is 22.5. The van der Waals surface area contributed by atoms with Crippen LogP contribution in [0.3, 0.4) is 0 Å². The van der Waals surface area contributed by atoms with Crippen LogP contribution in [-0.2, 0) is 29.0 Å². The first kappa shape index (κ1) is 32.4. The van der Waals surface area contributed by atoms with Crippen molar-refractivity contribution in [3.05, 3.63) is 71.3 Å². The minimum atomic E-state index is -1.73. The summed E-state index contributed by atoms with van der Waals surface area (Å²) in [6, 6.07) is 16.6. The van der Waals surface area contributed by atoms with E-state index in [2.05, 4.69) is 29.6 Å². The maximum absolute atomic E-state index is 13.1. The second-order valence-electron chi connectivity index (χ2n) is 11.8. The van der Waals surface area contributed by atoms with Gasteiger partial charge in [-0.1, -0.05) is 99.5 Å². The molecular weight excluding hydrogens is 547 g/mol. The highest BCUT2D eigenvalue weighted by atomic mass is 16.6. The Hall–Kier alpha value is -3.57. The van der Waals surface area contributed by atoms with Gasteiger partial charge in [-0.05, 0) is 36.0 Å². The van der Waals surface area contributed by atoms with E-state index in [9.17, 15) is 24.4 Å². The molecule has 3 atom stereocenters. The van der Waals surface area contributed by atoms with Gasteiger partial charge in [-0.25, -0.2) is 9.59 Å². The van der Waals surface area contributed by atoms with Crippen LogP contribution in [0.25, 0.3) is 0 Å². The van der Waals surface area contributed by atoms with E-state index in [1.807, 2.05) is 30.3 Å². The molecule has 11 heteroatoms. The minimum absolute atomic E-state index is 0.00144. The number of carbonyl (C=O) groups excluding carboxylic acids is 3. The van der Waals surface area contributed by atoms with E-state index >= 15 is 0 Å². The number of primary amides is 1. The number of hydrogen-bond donors (Lipinski definition) is 4. The van der Waals surface area contributed by atoms with Gasteiger partial charge in [0, 0.05) is 19.5 Å². The molecule has 1 saturated heterocycles. The number of nitrogens with two attached hydrogens (primary N) is 1. The zero-order valence-corrected chi connectivity index (χ0v) is 24.9. The Labute approximate surface area is 254 Å². The van der Waals surface area contributed by atoms with Crippen molar-refractivity contribution < 1.29 is 29.2 Å². The van der Waals surface area contributed by atoms with Crippen LogP contribution in [0.2, 0.25) is 0 Å². The molecule has 1 fully saturated rings. The Bertz CT molecular complexity index is 1170. The molecule has 10 nitrogen and oxygen atoms in total. The van der Waals surface area contributed by atoms with E-state index in [0.717, 1.165) is 43.2 Å². The van der Waals surface area contributed by atoms with Crippen LogP contribution in [0.1, 0.15) is 80.9 Å². The van der Waals surface area contributed by atoms with E-state index in [1.54, 1.807) is 4.90 Å². The van der Waals surface area contributed by atoms with Gasteiger partial charge in [-0.3, -0.25) is 9.69 Å². The van der Waals surface area contributed by atoms with Crippen molar-refractivity contribution in [2.75, 3.05) is 6.54 Å². The van der Waals surface area contributed by atoms with Gasteiger partial charge in [0.2, 0.25) is 5.91 Å². The third-order valence-electron chi connectivity index (χ3n) is 8.48. The number of unbranched alkanes of at least 4 members (excludes halogenated alkanes) is 7. The first-order valence-corrected chi connectivity index (χ1v) is 15.6. The lowest BCUT2D eigenvalue weighted by molar-refractivity contribution is -0.125. The molecule has 0 saturated carbocycles. The summed E-state index contributed by atoms with van der Waals surface area (Å²) >= 11 is 0. The number of carbonyl (C=O) groups is 3. The molecule has 2 aromatic rings. The minimum Gasteiger partial charge on any atom is -0.444 e. The fraction of sp³-hybridized carbons (Fsp3) is 0.531. The fourth-order valence-electron chi connectivity index (χ4n) is 6.03. The number of likely N-dealkylation sites (tertiary alicyclic amines) is 1. The average Bonchev–Trinajstić information content (AvgIpc) is 3.63. The standard InChI is InChI=1S/C32H45BN4O6/c34-31(39)37-23-27(43-32(40)36-21-25-17-12-13-18-26(25)22-36)20-28(37)30(38)35-29(33(41)42)19-11-6-4-2-1-3-5-8-14-24-15-9-7-10-16-24/h7,9-10,12-13,15-18,27-29,41-42H,1-6,8,11,14,19-23H2,(H2,34,39)(H,35,38)/t27-,28+,29+/m1/s1. The van der Waals surface area contributed by atoms with Crippen molar-refractivity contribution in [1.29, 1.82) is 0 Å². The molecule has 2 aromatic carbocycles. The molecule has 2 aliphatic rings. The van der Waals surface area contributed by atoms with Gasteiger partial charge in [0.1, 0.15) is 12.1 Å². The SMILES string of the molecule is NC(=O)N1C[C@H](OC(=O)N2Cc3ccccc3C2)C[C@H]1C(=O)N[C@@H](CCCCCCCCCCc1ccccc1)B(O)O. The van der Waals surface area contributed by atoms with E-state index < -0.39 is 43.2 Å². The summed E-state index contributed by atoms with van der Waals surface area (Å²) in [6.45, 7) is 0.880. The summed E-state index contributed by atoms with van der Waals surface area (Å²) < 4.78 is 5.65. The molecule has 0 aliphatic carbocycles. The molecule has 2 heterocycles. The van der Waals surface area contributed by atoms with Crippen molar-refractivity contribution >= 4 is 25.1 Å². The summed E-state index contributed by atoms with van der Waals surface area (Å²) in [6.07, 6.45) is 9.04. The van der Waals surface area contributed by atoms with Crippen molar-refractivity contribution in [1.82, 2.24) is 15.1 Å². The molecule has 0 bridgehead atoms. The number of nitrogens with zero attached hydrogens (tertiary/aromatic N) is 2. The molecule has 43 heavy (non-hydrogen) atoms. The molecule has 0 aromatic heterocycles. The third-order valence-corrected chi connectivity index (χ3v) is 8.48. The maximum atomic E-state index is 13.1. The number of amides is 4. The van der Waals surface area contributed by atoms with Gasteiger partial charge in [0.25, 0.3) is 0 Å². The van der Waals surface area contributed by atoms with E-state index in [0.29, 0.717) is 19.5 Å². The van der Waals surface area contributed by atoms with Crippen LogP contribution in [0.15, 0.2) is 54.6 Å². The largest absolute Gasteiger partial charge is 0.475 e. The normalized spacial score (nSPS) is 18.3. The van der Waals surface area contributed by atoms with Gasteiger partial charge < -0.3 is 30.7 Å². The predicted molar refractivity (Wildman–Crippen MR) is 164 cm³/mol. The molecule has 0 spiro atoms. The quantitative estimate of drug-likeness (QED) is 0.182. The Balaban J connectivity index is 1.14. The van der Waals surface area contributed by atoms with Gasteiger partial charge in [-0.2, -0.15) is 0 Å². The van der Waals surface area contributed by atoms with Gasteiger partial charge >= 0.3 is 19.2 Å². The first-order chi connectivity index (χ1) is 20.8. The molecule has 4 rings (SSSR count). The number of nitrogens with one attached hydrogen (secondary N) is 1. The Morgan fingerprint density at radius 2 is 1.47 bits per heavy atom. The Morgan fingerprint density at radius 3 is 2.07 bits per heavy atom. The summed E-state index contributed by atoms with van der Waals surface area (Å²) in [4.78, 5) is 40.8. The number of urea groups is 1. The third kappa shape index (κ3) is 9.72. The van der Waals surface area contributed by atoms with E-state index in [1.165, 1.54) is 36.1 Å². The van der Waals surface area contributed by atoms with Crippen LogP contribution < -0.4 is 11.1 Å². The van der Waals surface area contributed by atoms with Crippen LogP contribution in [0, 0.1) is 0 Å². The highest BCUT2D eigenvalue weighted by Crippen LogP contribution is 2.26. The molecule has 232 valence electrons. The van der Waals surface area contributed by atoms with Crippen LogP contribution >= 0.6 is 0 Å². The lowest BCUT2D eigenvalue weighted by Gasteiger charge is -2.24. The molecule has 5 N–H and O–H groups in total. The molecule has 4 amide bonds. The monoisotopic (exact) mass is 592 g/mol. The number of fused-ring (bicyclic) bond motifs is 1. The topological polar surface area (TPSA) is 145 Å². The highest BCUT2D eigenvalue weighted by Gasteiger charge is 2.42. The van der Waals surface area contributed by atoms with Gasteiger partial charge in [0.05, 0.1) is 12.5 Å². The zero-order chi connectivity index (χ0) is 30.6. The highest BCUT2D eigenvalue weighted by molar-refractivity contribution is 6.43.